The van der Waals surface area contributed by atoms with E-state index in [2.05, 4.69) is 34.7 Å². The molecule has 2 N–H and O–H groups in total. The number of hydrogen-bond acceptors (Lipinski definition) is 4. The lowest BCUT2D eigenvalue weighted by molar-refractivity contribution is 0.773. The second kappa shape index (κ2) is 3.81. The molecule has 0 spiro atoms. The number of nitrogens with zero attached hydrogens (tertiary/aromatic N) is 3. The molecule has 1 fully saturated rings. The van der Waals surface area contributed by atoms with Crippen molar-refractivity contribution in [3.05, 3.63) is 29.1 Å². The smallest absolute Gasteiger partial charge is 0.180 e. The molecule has 3 aromatic rings. The molecule has 0 atom stereocenters. The summed E-state index contributed by atoms with van der Waals surface area (Å²) in [5.41, 5.74) is 10.1. The Morgan fingerprint density at radius 1 is 1.32 bits per heavy atom. The number of nitrogen functional groups attached to an aromatic ring is 1. The van der Waals surface area contributed by atoms with Gasteiger partial charge in [0, 0.05) is 11.4 Å². The van der Waals surface area contributed by atoms with Gasteiger partial charge in [0.2, 0.25) is 0 Å². The van der Waals surface area contributed by atoms with E-state index in [1.807, 2.05) is 5.38 Å². The summed E-state index contributed by atoms with van der Waals surface area (Å²) in [7, 11) is 0. The SMILES string of the molecule is Cc1ccc2c(c1)nc(-c1csc(N)n1)n2C1CC1. The lowest BCUT2D eigenvalue weighted by Gasteiger charge is -2.05. The molecule has 2 aromatic heterocycles. The zero-order valence-electron chi connectivity index (χ0n) is 10.6. The minimum Gasteiger partial charge on any atom is -0.375 e. The lowest BCUT2D eigenvalue weighted by atomic mass is 10.2. The third-order valence-electron chi connectivity index (χ3n) is 3.51. The van der Waals surface area contributed by atoms with E-state index in [4.69, 9.17) is 10.7 Å². The van der Waals surface area contributed by atoms with E-state index >= 15 is 0 Å². The standard InChI is InChI=1S/C14H14N4S/c1-8-2-5-12-10(6-8)16-13(18(12)9-3-4-9)11-7-19-14(15)17-11/h2,5-7,9H,3-4H2,1H3,(H2,15,17). The van der Waals surface area contributed by atoms with Crippen molar-refractivity contribution >= 4 is 27.5 Å². The number of nitrogens with two attached hydrogens (primary N) is 1. The van der Waals surface area contributed by atoms with E-state index in [0.717, 1.165) is 17.0 Å². The average Bonchev–Trinajstić information content (AvgIpc) is 3.02. The molecule has 1 aliphatic rings. The summed E-state index contributed by atoms with van der Waals surface area (Å²) in [6.45, 7) is 2.09. The molecule has 1 aliphatic carbocycles. The number of hydrogen-bond donors (Lipinski definition) is 1. The molecular weight excluding hydrogens is 256 g/mol. The molecule has 96 valence electrons. The number of imidazole rings is 1. The summed E-state index contributed by atoms with van der Waals surface area (Å²) in [6.07, 6.45) is 2.46. The van der Waals surface area contributed by atoms with Gasteiger partial charge >= 0.3 is 0 Å². The summed E-state index contributed by atoms with van der Waals surface area (Å²) < 4.78 is 2.32. The van der Waals surface area contributed by atoms with Gasteiger partial charge in [0.1, 0.15) is 5.69 Å². The Balaban J connectivity index is 2.01. The molecule has 0 unspecified atom stereocenters. The fourth-order valence-electron chi connectivity index (χ4n) is 2.48. The van der Waals surface area contributed by atoms with Crippen molar-refractivity contribution in [1.82, 2.24) is 14.5 Å². The molecule has 19 heavy (non-hydrogen) atoms. The van der Waals surface area contributed by atoms with Crippen molar-refractivity contribution in [2.24, 2.45) is 0 Å². The zero-order chi connectivity index (χ0) is 13.0. The van der Waals surface area contributed by atoms with Crippen LogP contribution in [0.5, 0.6) is 0 Å². The van der Waals surface area contributed by atoms with Crippen molar-refractivity contribution in [2.45, 2.75) is 25.8 Å². The zero-order valence-corrected chi connectivity index (χ0v) is 11.4. The van der Waals surface area contributed by atoms with Crippen LogP contribution in [0.2, 0.25) is 0 Å². The van der Waals surface area contributed by atoms with E-state index in [0.29, 0.717) is 11.2 Å². The first kappa shape index (κ1) is 11.0. The predicted octanol–water partition coefficient (Wildman–Crippen LogP) is 3.39. The summed E-state index contributed by atoms with van der Waals surface area (Å²) in [5, 5.41) is 2.59. The number of aryl methyl sites for hydroxylation is 1. The molecule has 2 heterocycles. The van der Waals surface area contributed by atoms with Crippen LogP contribution in [0.15, 0.2) is 23.6 Å². The molecule has 0 amide bonds. The highest BCUT2D eigenvalue weighted by Gasteiger charge is 2.29. The fraction of sp³-hybridized carbons (Fsp3) is 0.286. The highest BCUT2D eigenvalue weighted by molar-refractivity contribution is 7.13. The van der Waals surface area contributed by atoms with Gasteiger partial charge in [0.15, 0.2) is 11.0 Å². The molecule has 0 radical (unpaired) electrons. The highest BCUT2D eigenvalue weighted by atomic mass is 32.1. The number of aromatic nitrogens is 3. The van der Waals surface area contributed by atoms with Crippen LogP contribution in [0.25, 0.3) is 22.6 Å². The molecule has 0 bridgehead atoms. The molecule has 0 aliphatic heterocycles. The van der Waals surface area contributed by atoms with Crippen molar-refractivity contribution < 1.29 is 0 Å². The number of anilines is 1. The Labute approximate surface area is 114 Å². The minimum absolute atomic E-state index is 0.575. The third kappa shape index (κ3) is 1.73. The number of rotatable bonds is 2. The molecule has 0 saturated heterocycles. The van der Waals surface area contributed by atoms with Crippen LogP contribution in [0.1, 0.15) is 24.4 Å². The van der Waals surface area contributed by atoms with E-state index in [9.17, 15) is 0 Å². The maximum absolute atomic E-state index is 5.75. The first-order chi connectivity index (χ1) is 9.22. The fourth-order valence-corrected chi connectivity index (χ4v) is 3.02. The summed E-state index contributed by atoms with van der Waals surface area (Å²) in [5.74, 6) is 0.955. The summed E-state index contributed by atoms with van der Waals surface area (Å²) >= 11 is 1.47. The largest absolute Gasteiger partial charge is 0.375 e. The van der Waals surface area contributed by atoms with Crippen LogP contribution in [0.3, 0.4) is 0 Å². The Kier molecular flexibility index (Phi) is 2.20. The molecular formula is C14H14N4S. The van der Waals surface area contributed by atoms with Gasteiger partial charge in [-0.2, -0.15) is 0 Å². The van der Waals surface area contributed by atoms with Crippen LogP contribution in [-0.2, 0) is 0 Å². The van der Waals surface area contributed by atoms with Crippen LogP contribution in [0, 0.1) is 6.92 Å². The topological polar surface area (TPSA) is 56.7 Å². The van der Waals surface area contributed by atoms with Gasteiger partial charge in [-0.05, 0) is 37.5 Å². The van der Waals surface area contributed by atoms with E-state index in [1.54, 1.807) is 0 Å². The number of benzene rings is 1. The van der Waals surface area contributed by atoms with E-state index in [1.165, 1.54) is 35.3 Å². The van der Waals surface area contributed by atoms with Gasteiger partial charge in [0.05, 0.1) is 11.0 Å². The average molecular weight is 270 g/mol. The highest BCUT2D eigenvalue weighted by Crippen LogP contribution is 2.41. The maximum atomic E-state index is 5.75. The van der Waals surface area contributed by atoms with E-state index in [-0.39, 0.29) is 0 Å². The van der Waals surface area contributed by atoms with Gasteiger partial charge in [-0.1, -0.05) is 6.07 Å². The van der Waals surface area contributed by atoms with Crippen molar-refractivity contribution in [3.63, 3.8) is 0 Å². The Hall–Kier alpha value is -1.88. The van der Waals surface area contributed by atoms with E-state index < -0.39 is 0 Å². The first-order valence-corrected chi connectivity index (χ1v) is 7.30. The number of fused-ring (bicyclic) bond motifs is 1. The van der Waals surface area contributed by atoms with Crippen LogP contribution >= 0.6 is 11.3 Å². The maximum Gasteiger partial charge on any atom is 0.180 e. The molecule has 1 saturated carbocycles. The van der Waals surface area contributed by atoms with Crippen LogP contribution in [0.4, 0.5) is 5.13 Å². The third-order valence-corrected chi connectivity index (χ3v) is 4.18. The van der Waals surface area contributed by atoms with Crippen molar-refractivity contribution in [2.75, 3.05) is 5.73 Å². The quantitative estimate of drug-likeness (QED) is 0.776. The van der Waals surface area contributed by atoms with Crippen LogP contribution < -0.4 is 5.73 Å². The normalized spacial score (nSPS) is 15.2. The monoisotopic (exact) mass is 270 g/mol. The molecule has 5 heteroatoms. The Morgan fingerprint density at radius 2 is 2.16 bits per heavy atom. The molecule has 4 rings (SSSR count). The molecule has 4 nitrogen and oxygen atoms in total. The second-order valence-corrected chi connectivity index (χ2v) is 5.99. The lowest BCUT2D eigenvalue weighted by Crippen LogP contribution is -1.97. The van der Waals surface area contributed by atoms with Gasteiger partial charge in [-0.25, -0.2) is 9.97 Å². The first-order valence-electron chi connectivity index (χ1n) is 6.42. The van der Waals surface area contributed by atoms with Crippen LogP contribution in [-0.4, -0.2) is 14.5 Å². The molecule has 1 aromatic carbocycles. The predicted molar refractivity (Wildman–Crippen MR) is 78.3 cm³/mol. The van der Waals surface area contributed by atoms with Gasteiger partial charge in [0.25, 0.3) is 0 Å². The van der Waals surface area contributed by atoms with Gasteiger partial charge in [-0.15, -0.1) is 11.3 Å². The van der Waals surface area contributed by atoms with Gasteiger partial charge < -0.3 is 10.3 Å². The second-order valence-electron chi connectivity index (χ2n) is 5.10. The summed E-state index contributed by atoms with van der Waals surface area (Å²) in [6, 6.07) is 7.01. The van der Waals surface area contributed by atoms with Crippen molar-refractivity contribution in [1.29, 1.82) is 0 Å². The van der Waals surface area contributed by atoms with Gasteiger partial charge in [-0.3, -0.25) is 0 Å². The number of thiazole rings is 1. The van der Waals surface area contributed by atoms with Crippen molar-refractivity contribution in [3.8, 4) is 11.5 Å². The Morgan fingerprint density at radius 3 is 2.84 bits per heavy atom. The Bertz CT molecular complexity index is 767. The summed E-state index contributed by atoms with van der Waals surface area (Å²) in [4.78, 5) is 9.15. The minimum atomic E-state index is 0.575.